The van der Waals surface area contributed by atoms with Gasteiger partial charge in [-0.3, -0.25) is 0 Å². The van der Waals surface area contributed by atoms with Gasteiger partial charge in [0.05, 0.1) is 20.5 Å². The van der Waals surface area contributed by atoms with Gasteiger partial charge in [-0.15, -0.1) is 0 Å². The van der Waals surface area contributed by atoms with Gasteiger partial charge in [0.25, 0.3) is 0 Å². The number of rotatable bonds is 4. The number of halogens is 4. The van der Waals surface area contributed by atoms with E-state index in [-0.39, 0.29) is 0 Å². The predicted octanol–water partition coefficient (Wildman–Crippen LogP) is 6.32. The van der Waals surface area contributed by atoms with Gasteiger partial charge in [-0.1, -0.05) is 22.0 Å². The molecule has 2 nitrogen and oxygen atoms in total. The number of benzene rings is 2. The Hall–Kier alpha value is -0.0400. The lowest BCUT2D eigenvalue weighted by Gasteiger charge is -2.12. The summed E-state index contributed by atoms with van der Waals surface area (Å²) < 4.78 is 14.8. The van der Waals surface area contributed by atoms with E-state index >= 15 is 0 Å². The molecule has 0 N–H and O–H groups in total. The molecule has 0 bridgehead atoms. The average Bonchev–Trinajstić information content (AvgIpc) is 2.37. The zero-order valence-electron chi connectivity index (χ0n) is 10.4. The maximum atomic E-state index is 5.86. The maximum Gasteiger partial charge on any atom is 0.148 e. The monoisotopic (exact) mass is 526 g/mol. The lowest BCUT2D eigenvalue weighted by atomic mass is 10.2. The highest BCUT2D eigenvalue weighted by Crippen LogP contribution is 2.37. The fourth-order valence-corrected chi connectivity index (χ4v) is 4.70. The fraction of sp³-hybridized carbons (Fsp3) is 0.143. The summed E-state index contributed by atoms with van der Waals surface area (Å²) in [5.41, 5.74) is 1.05. The van der Waals surface area contributed by atoms with Crippen molar-refractivity contribution in [1.82, 2.24) is 0 Å². The van der Waals surface area contributed by atoms with Crippen molar-refractivity contribution in [3.8, 4) is 11.5 Å². The van der Waals surface area contributed by atoms with Crippen molar-refractivity contribution in [3.05, 3.63) is 53.8 Å². The van der Waals surface area contributed by atoms with Gasteiger partial charge in [-0.2, -0.15) is 0 Å². The van der Waals surface area contributed by atoms with Gasteiger partial charge >= 0.3 is 0 Å². The van der Waals surface area contributed by atoms with Crippen LogP contribution >= 0.6 is 63.7 Å². The number of hydrogen-bond donors (Lipinski definition) is 0. The van der Waals surface area contributed by atoms with Crippen LogP contribution in [-0.4, -0.2) is 7.11 Å². The van der Waals surface area contributed by atoms with Gasteiger partial charge in [-0.25, -0.2) is 0 Å². The molecule has 0 saturated carbocycles. The first-order valence-corrected chi connectivity index (χ1v) is 8.78. The molecule has 0 amide bonds. The Labute approximate surface area is 151 Å². The van der Waals surface area contributed by atoms with Crippen LogP contribution in [0, 0.1) is 0 Å². The highest BCUT2D eigenvalue weighted by atomic mass is 79.9. The van der Waals surface area contributed by atoms with Crippen molar-refractivity contribution < 1.29 is 9.47 Å². The van der Waals surface area contributed by atoms with Gasteiger partial charge in [0.1, 0.15) is 18.1 Å². The summed E-state index contributed by atoms with van der Waals surface area (Å²) in [6.45, 7) is 0.474. The van der Waals surface area contributed by atoms with Crippen LogP contribution in [0.2, 0.25) is 0 Å². The van der Waals surface area contributed by atoms with E-state index in [0.29, 0.717) is 6.61 Å². The van der Waals surface area contributed by atoms with Crippen LogP contribution in [0.1, 0.15) is 5.56 Å². The first-order valence-electron chi connectivity index (χ1n) is 5.61. The Balaban J connectivity index is 2.15. The van der Waals surface area contributed by atoms with Gasteiger partial charge in [0, 0.05) is 4.47 Å². The number of hydrogen-bond acceptors (Lipinski definition) is 2. The van der Waals surface area contributed by atoms with Crippen molar-refractivity contribution in [2.24, 2.45) is 0 Å². The van der Waals surface area contributed by atoms with Crippen LogP contribution in [0.3, 0.4) is 0 Å². The van der Waals surface area contributed by atoms with E-state index < -0.39 is 0 Å². The molecule has 106 valence electrons. The lowest BCUT2D eigenvalue weighted by molar-refractivity contribution is 0.302. The summed E-state index contributed by atoms with van der Waals surface area (Å²) in [4.78, 5) is 0. The smallest absolute Gasteiger partial charge is 0.148 e. The SMILES string of the molecule is COc1ccc(COc2c(Br)cc(Br)cc2Br)cc1Br. The van der Waals surface area contributed by atoms with Crippen molar-refractivity contribution in [1.29, 1.82) is 0 Å². The normalized spacial score (nSPS) is 10.4. The summed E-state index contributed by atoms with van der Waals surface area (Å²) in [7, 11) is 1.65. The number of methoxy groups -OCH3 is 1. The Kier molecular flexibility index (Phi) is 5.95. The molecule has 0 aliphatic heterocycles. The average molecular weight is 530 g/mol. The van der Waals surface area contributed by atoms with E-state index in [2.05, 4.69) is 63.7 Å². The molecule has 0 aromatic heterocycles. The Bertz CT molecular complexity index is 606. The topological polar surface area (TPSA) is 18.5 Å². The molecule has 0 aliphatic carbocycles. The van der Waals surface area contributed by atoms with Crippen LogP contribution in [-0.2, 0) is 6.61 Å². The van der Waals surface area contributed by atoms with Crippen LogP contribution in [0.4, 0.5) is 0 Å². The summed E-state index contributed by atoms with van der Waals surface area (Å²) in [6, 6.07) is 9.77. The molecule has 0 unspecified atom stereocenters. The minimum absolute atomic E-state index is 0.474. The minimum Gasteiger partial charge on any atom is -0.496 e. The van der Waals surface area contributed by atoms with Crippen molar-refractivity contribution in [3.63, 3.8) is 0 Å². The standard InChI is InChI=1S/C14H10Br4O2/c1-19-13-3-2-8(4-10(13)16)7-20-14-11(17)5-9(15)6-12(14)18/h2-6H,7H2,1H3. The largest absolute Gasteiger partial charge is 0.496 e. The quantitative estimate of drug-likeness (QED) is 0.461. The van der Waals surface area contributed by atoms with Crippen molar-refractivity contribution in [2.75, 3.05) is 7.11 Å². The van der Waals surface area contributed by atoms with E-state index in [1.165, 1.54) is 0 Å². The second-order valence-electron chi connectivity index (χ2n) is 3.96. The summed E-state index contributed by atoms with van der Waals surface area (Å²) in [5, 5.41) is 0. The Morgan fingerprint density at radius 1 is 0.900 bits per heavy atom. The Morgan fingerprint density at radius 3 is 2.10 bits per heavy atom. The van der Waals surface area contributed by atoms with Crippen LogP contribution in [0.5, 0.6) is 11.5 Å². The van der Waals surface area contributed by atoms with Crippen molar-refractivity contribution >= 4 is 63.7 Å². The van der Waals surface area contributed by atoms with E-state index in [1.807, 2.05) is 30.3 Å². The van der Waals surface area contributed by atoms with E-state index in [9.17, 15) is 0 Å². The van der Waals surface area contributed by atoms with Crippen molar-refractivity contribution in [2.45, 2.75) is 6.61 Å². The van der Waals surface area contributed by atoms with Gasteiger partial charge in [0.15, 0.2) is 0 Å². The molecule has 0 atom stereocenters. The third-order valence-corrected chi connectivity index (χ3v) is 4.82. The minimum atomic E-state index is 0.474. The van der Waals surface area contributed by atoms with Gasteiger partial charge < -0.3 is 9.47 Å². The first kappa shape index (κ1) is 16.3. The second-order valence-corrected chi connectivity index (χ2v) is 7.43. The molecule has 2 aromatic carbocycles. The van der Waals surface area contributed by atoms with Crippen LogP contribution in [0.15, 0.2) is 48.2 Å². The molecule has 0 radical (unpaired) electrons. The molecule has 2 aromatic rings. The highest BCUT2D eigenvalue weighted by molar-refractivity contribution is 9.11. The van der Waals surface area contributed by atoms with Crippen LogP contribution < -0.4 is 9.47 Å². The second kappa shape index (κ2) is 7.29. The predicted molar refractivity (Wildman–Crippen MR) is 94.6 cm³/mol. The van der Waals surface area contributed by atoms with E-state index in [0.717, 1.165) is 35.0 Å². The van der Waals surface area contributed by atoms with E-state index in [4.69, 9.17) is 9.47 Å². The van der Waals surface area contributed by atoms with Gasteiger partial charge in [-0.05, 0) is 77.6 Å². The molecule has 0 saturated heterocycles. The Morgan fingerprint density at radius 2 is 1.55 bits per heavy atom. The highest BCUT2D eigenvalue weighted by Gasteiger charge is 2.09. The first-order chi connectivity index (χ1) is 9.51. The molecular weight excluding hydrogens is 520 g/mol. The summed E-state index contributed by atoms with van der Waals surface area (Å²) in [5.74, 6) is 1.58. The molecule has 0 heterocycles. The summed E-state index contributed by atoms with van der Waals surface area (Å²) >= 11 is 13.9. The molecular formula is C14H10Br4O2. The zero-order valence-corrected chi connectivity index (χ0v) is 16.8. The molecule has 0 aliphatic rings. The fourth-order valence-electron chi connectivity index (χ4n) is 1.62. The van der Waals surface area contributed by atoms with Crippen LogP contribution in [0.25, 0.3) is 0 Å². The van der Waals surface area contributed by atoms with Gasteiger partial charge in [0.2, 0.25) is 0 Å². The zero-order chi connectivity index (χ0) is 14.7. The molecule has 6 heteroatoms. The molecule has 0 spiro atoms. The maximum absolute atomic E-state index is 5.86. The van der Waals surface area contributed by atoms with E-state index in [1.54, 1.807) is 7.11 Å². The third kappa shape index (κ3) is 4.00. The molecule has 20 heavy (non-hydrogen) atoms. The third-order valence-electron chi connectivity index (χ3n) is 2.56. The number of ether oxygens (including phenoxy) is 2. The molecule has 0 fully saturated rings. The molecule has 2 rings (SSSR count). The lowest BCUT2D eigenvalue weighted by Crippen LogP contribution is -1.97. The summed E-state index contributed by atoms with van der Waals surface area (Å²) in [6.07, 6.45) is 0.